The summed E-state index contributed by atoms with van der Waals surface area (Å²) in [5.41, 5.74) is 8.16. The molecular formula is C16H22N2O3S. The van der Waals surface area contributed by atoms with Crippen molar-refractivity contribution in [2.45, 2.75) is 43.0 Å². The van der Waals surface area contributed by atoms with E-state index in [1.807, 2.05) is 6.07 Å². The lowest BCUT2D eigenvalue weighted by atomic mass is 10.1. The van der Waals surface area contributed by atoms with Crippen LogP contribution in [-0.2, 0) is 27.5 Å². The van der Waals surface area contributed by atoms with Crippen LogP contribution in [0.5, 0.6) is 0 Å². The Labute approximate surface area is 131 Å². The number of amides is 1. The van der Waals surface area contributed by atoms with Gasteiger partial charge < -0.3 is 10.6 Å². The van der Waals surface area contributed by atoms with E-state index in [0.29, 0.717) is 18.0 Å². The zero-order valence-corrected chi connectivity index (χ0v) is 13.4. The van der Waals surface area contributed by atoms with E-state index >= 15 is 0 Å². The second-order valence-electron chi connectivity index (χ2n) is 6.24. The molecule has 0 unspecified atom stereocenters. The Kier molecular flexibility index (Phi) is 4.23. The van der Waals surface area contributed by atoms with E-state index in [9.17, 15) is 13.2 Å². The minimum atomic E-state index is -3.40. The van der Waals surface area contributed by atoms with Gasteiger partial charge in [0.1, 0.15) is 0 Å². The highest BCUT2D eigenvalue weighted by atomic mass is 32.2. The molecule has 0 aromatic heterocycles. The minimum absolute atomic E-state index is 0.0252. The maximum absolute atomic E-state index is 12.4. The number of hydrogen-bond donors (Lipinski definition) is 1. The van der Waals surface area contributed by atoms with E-state index in [0.717, 1.165) is 31.2 Å². The monoisotopic (exact) mass is 322 g/mol. The highest BCUT2D eigenvalue weighted by Gasteiger charge is 2.25. The molecule has 0 bridgehead atoms. The molecule has 1 aliphatic carbocycles. The van der Waals surface area contributed by atoms with Gasteiger partial charge in [0, 0.05) is 25.6 Å². The molecule has 1 saturated heterocycles. The third-order valence-corrected chi connectivity index (χ3v) is 6.30. The SMILES string of the molecule is N[C@@H]1CCN(C(=O)CCS(=O)(=O)c2ccc3c(c2)CCC3)C1. The molecule has 22 heavy (non-hydrogen) atoms. The van der Waals surface area contributed by atoms with E-state index in [-0.39, 0.29) is 24.1 Å². The topological polar surface area (TPSA) is 80.5 Å². The van der Waals surface area contributed by atoms with Gasteiger partial charge in [-0.3, -0.25) is 4.79 Å². The Hall–Kier alpha value is -1.40. The van der Waals surface area contributed by atoms with Crippen molar-refractivity contribution in [3.8, 4) is 0 Å². The van der Waals surface area contributed by atoms with Crippen molar-refractivity contribution in [3.05, 3.63) is 29.3 Å². The number of benzene rings is 1. The average Bonchev–Trinajstić information content (AvgIpc) is 3.12. The number of aryl methyl sites for hydroxylation is 2. The van der Waals surface area contributed by atoms with Crippen molar-refractivity contribution < 1.29 is 13.2 Å². The fourth-order valence-electron chi connectivity index (χ4n) is 3.25. The summed E-state index contributed by atoms with van der Waals surface area (Å²) < 4.78 is 24.8. The first-order valence-electron chi connectivity index (χ1n) is 7.83. The fraction of sp³-hybridized carbons (Fsp3) is 0.562. The van der Waals surface area contributed by atoms with E-state index in [1.54, 1.807) is 17.0 Å². The smallest absolute Gasteiger partial charge is 0.223 e. The number of likely N-dealkylation sites (tertiary alicyclic amines) is 1. The van der Waals surface area contributed by atoms with Gasteiger partial charge in [-0.2, -0.15) is 0 Å². The van der Waals surface area contributed by atoms with Gasteiger partial charge in [-0.05, 0) is 48.9 Å². The highest BCUT2D eigenvalue weighted by Crippen LogP contribution is 2.25. The van der Waals surface area contributed by atoms with E-state index in [4.69, 9.17) is 5.73 Å². The standard InChI is InChI=1S/C16H22N2O3S/c17-14-6-8-18(11-14)16(19)7-9-22(20,21)15-5-4-12-2-1-3-13(12)10-15/h4-5,10,14H,1-3,6-9,11,17H2/t14-/m1/s1. The molecule has 0 radical (unpaired) electrons. The third kappa shape index (κ3) is 3.17. The van der Waals surface area contributed by atoms with Gasteiger partial charge in [0.15, 0.2) is 9.84 Å². The van der Waals surface area contributed by atoms with Crippen LogP contribution in [0.1, 0.15) is 30.4 Å². The van der Waals surface area contributed by atoms with Crippen LogP contribution in [0, 0.1) is 0 Å². The molecule has 1 heterocycles. The summed E-state index contributed by atoms with van der Waals surface area (Å²) in [5, 5.41) is 0. The van der Waals surface area contributed by atoms with Crippen molar-refractivity contribution in [3.63, 3.8) is 0 Å². The largest absolute Gasteiger partial charge is 0.341 e. The number of nitrogens with two attached hydrogens (primary N) is 1. The maximum Gasteiger partial charge on any atom is 0.223 e. The Morgan fingerprint density at radius 1 is 1.27 bits per heavy atom. The summed E-state index contributed by atoms with van der Waals surface area (Å²) in [5.74, 6) is -0.242. The van der Waals surface area contributed by atoms with Crippen LogP contribution in [0.15, 0.2) is 23.1 Å². The summed E-state index contributed by atoms with van der Waals surface area (Å²) >= 11 is 0. The number of carbonyl (C=O) groups is 1. The first kappa shape index (κ1) is 15.5. The van der Waals surface area contributed by atoms with Gasteiger partial charge >= 0.3 is 0 Å². The van der Waals surface area contributed by atoms with Crippen molar-refractivity contribution >= 4 is 15.7 Å². The van der Waals surface area contributed by atoms with Gasteiger partial charge in [0.2, 0.25) is 5.91 Å². The Morgan fingerprint density at radius 3 is 2.77 bits per heavy atom. The van der Waals surface area contributed by atoms with Crippen molar-refractivity contribution in [2.75, 3.05) is 18.8 Å². The molecule has 1 aromatic carbocycles. The van der Waals surface area contributed by atoms with Crippen LogP contribution in [0.3, 0.4) is 0 Å². The third-order valence-electron chi connectivity index (χ3n) is 4.59. The van der Waals surface area contributed by atoms with Gasteiger partial charge in [0.25, 0.3) is 0 Å². The Morgan fingerprint density at radius 2 is 2.05 bits per heavy atom. The normalized spacial score (nSPS) is 21.1. The van der Waals surface area contributed by atoms with Crippen molar-refractivity contribution in [2.24, 2.45) is 5.73 Å². The van der Waals surface area contributed by atoms with Crippen molar-refractivity contribution in [1.82, 2.24) is 4.90 Å². The van der Waals surface area contributed by atoms with Gasteiger partial charge in [-0.15, -0.1) is 0 Å². The van der Waals surface area contributed by atoms with Crippen LogP contribution >= 0.6 is 0 Å². The molecule has 1 aromatic rings. The fourth-order valence-corrected chi connectivity index (χ4v) is 4.53. The van der Waals surface area contributed by atoms with E-state index < -0.39 is 9.84 Å². The molecule has 6 heteroatoms. The summed E-state index contributed by atoms with van der Waals surface area (Å²) in [6.07, 6.45) is 3.90. The molecule has 3 rings (SSSR count). The van der Waals surface area contributed by atoms with E-state index in [2.05, 4.69) is 0 Å². The lowest BCUT2D eigenvalue weighted by Gasteiger charge is -2.15. The summed E-state index contributed by atoms with van der Waals surface area (Å²) in [4.78, 5) is 14.1. The van der Waals surface area contributed by atoms with Crippen molar-refractivity contribution in [1.29, 1.82) is 0 Å². The number of hydrogen-bond acceptors (Lipinski definition) is 4. The summed E-state index contributed by atoms with van der Waals surface area (Å²) in [6, 6.07) is 5.40. The molecule has 0 saturated carbocycles. The molecular weight excluding hydrogens is 300 g/mol. The second-order valence-corrected chi connectivity index (χ2v) is 8.35. The first-order chi connectivity index (χ1) is 10.5. The zero-order valence-electron chi connectivity index (χ0n) is 12.6. The van der Waals surface area contributed by atoms with Gasteiger partial charge in [-0.25, -0.2) is 8.42 Å². The molecule has 1 aliphatic heterocycles. The Bertz CT molecular complexity index is 685. The maximum atomic E-state index is 12.4. The molecule has 1 atom stereocenters. The first-order valence-corrected chi connectivity index (χ1v) is 9.49. The molecule has 2 aliphatic rings. The predicted molar refractivity (Wildman–Crippen MR) is 84.3 cm³/mol. The molecule has 2 N–H and O–H groups in total. The van der Waals surface area contributed by atoms with Gasteiger partial charge in [0.05, 0.1) is 10.6 Å². The lowest BCUT2D eigenvalue weighted by Crippen LogP contribution is -2.32. The van der Waals surface area contributed by atoms with Crippen LogP contribution in [0.4, 0.5) is 0 Å². The molecule has 5 nitrogen and oxygen atoms in total. The average molecular weight is 322 g/mol. The van der Waals surface area contributed by atoms with Crippen LogP contribution in [0.25, 0.3) is 0 Å². The zero-order chi connectivity index (χ0) is 15.7. The molecule has 0 spiro atoms. The summed E-state index contributed by atoms with van der Waals surface area (Å²) in [7, 11) is -3.40. The Balaban J connectivity index is 1.65. The lowest BCUT2D eigenvalue weighted by molar-refractivity contribution is -0.129. The minimum Gasteiger partial charge on any atom is -0.341 e. The molecule has 1 amide bonds. The van der Waals surface area contributed by atoms with Crippen LogP contribution in [-0.4, -0.2) is 44.1 Å². The highest BCUT2D eigenvalue weighted by molar-refractivity contribution is 7.91. The number of nitrogens with zero attached hydrogens (tertiary/aromatic N) is 1. The van der Waals surface area contributed by atoms with E-state index in [1.165, 1.54) is 5.56 Å². The van der Waals surface area contributed by atoms with Crippen LogP contribution in [0.2, 0.25) is 0 Å². The number of rotatable bonds is 4. The quantitative estimate of drug-likeness (QED) is 0.893. The molecule has 1 fully saturated rings. The predicted octanol–water partition coefficient (Wildman–Crippen LogP) is 0.899. The second kappa shape index (κ2) is 6.01. The number of sulfone groups is 1. The number of fused-ring (bicyclic) bond motifs is 1. The molecule has 120 valence electrons. The summed E-state index contributed by atoms with van der Waals surface area (Å²) in [6.45, 7) is 1.18. The number of carbonyl (C=O) groups excluding carboxylic acids is 1. The van der Waals surface area contributed by atoms with Crippen LogP contribution < -0.4 is 5.73 Å². The van der Waals surface area contributed by atoms with Gasteiger partial charge in [-0.1, -0.05) is 6.07 Å².